The quantitative estimate of drug-likeness (QED) is 0.241. The summed E-state index contributed by atoms with van der Waals surface area (Å²) in [6, 6.07) is 13.7. The van der Waals surface area contributed by atoms with Crippen LogP contribution in [0.15, 0.2) is 48.7 Å². The van der Waals surface area contributed by atoms with Gasteiger partial charge in [0.15, 0.2) is 17.4 Å². The second-order valence-corrected chi connectivity index (χ2v) is 10.9. The number of imidazole rings is 1. The fraction of sp³-hybridized carbons (Fsp3) is 0.379. The average molecular weight is 502 g/mol. The number of carbonyl (C=O) groups is 2. The van der Waals surface area contributed by atoms with Crippen molar-refractivity contribution in [3.05, 3.63) is 64.0 Å². The van der Waals surface area contributed by atoms with Gasteiger partial charge in [-0.3, -0.25) is 9.59 Å². The van der Waals surface area contributed by atoms with E-state index in [0.717, 1.165) is 47.4 Å². The second kappa shape index (κ2) is 10.3. The summed E-state index contributed by atoms with van der Waals surface area (Å²) < 4.78 is 7.90. The van der Waals surface area contributed by atoms with Crippen LogP contribution in [0, 0.1) is 12.8 Å². The highest BCUT2D eigenvalue weighted by Crippen LogP contribution is 2.41. The lowest BCUT2D eigenvalue weighted by Crippen LogP contribution is -2.22. The normalized spacial score (nSPS) is 17.9. The molecule has 7 heteroatoms. The van der Waals surface area contributed by atoms with Crippen molar-refractivity contribution in [1.82, 2.24) is 14.5 Å². The van der Waals surface area contributed by atoms with E-state index in [1.54, 1.807) is 24.6 Å². The van der Waals surface area contributed by atoms with Gasteiger partial charge in [-0.1, -0.05) is 13.3 Å². The van der Waals surface area contributed by atoms with Crippen molar-refractivity contribution < 1.29 is 14.3 Å². The van der Waals surface area contributed by atoms with E-state index in [4.69, 9.17) is 9.72 Å². The number of hydrogen-bond donors (Lipinski definition) is 0. The molecule has 0 amide bonds. The first kappa shape index (κ1) is 24.4. The van der Waals surface area contributed by atoms with Crippen LogP contribution in [0.2, 0.25) is 0 Å². The van der Waals surface area contributed by atoms with Crippen LogP contribution in [-0.2, 0) is 0 Å². The number of aryl methyl sites for hydroxylation is 1. The number of thiophene rings is 1. The van der Waals surface area contributed by atoms with E-state index in [-0.39, 0.29) is 17.6 Å². The van der Waals surface area contributed by atoms with Gasteiger partial charge in [-0.2, -0.15) is 0 Å². The van der Waals surface area contributed by atoms with E-state index in [0.29, 0.717) is 35.8 Å². The van der Waals surface area contributed by atoms with Crippen LogP contribution in [0.25, 0.3) is 22.6 Å². The number of ether oxygens (including phenoxy) is 1. The van der Waals surface area contributed by atoms with Gasteiger partial charge in [0.05, 0.1) is 23.0 Å². The van der Waals surface area contributed by atoms with Crippen molar-refractivity contribution in [3.8, 4) is 17.3 Å². The number of methoxy groups -OCH3 is 1. The van der Waals surface area contributed by atoms with Gasteiger partial charge in [0.25, 0.3) is 0 Å². The van der Waals surface area contributed by atoms with Crippen LogP contribution in [0.4, 0.5) is 0 Å². The monoisotopic (exact) mass is 501 g/mol. The van der Waals surface area contributed by atoms with E-state index in [9.17, 15) is 9.59 Å². The molecule has 2 atom stereocenters. The number of aromatic nitrogens is 3. The summed E-state index contributed by atoms with van der Waals surface area (Å²) in [5, 5.41) is 0. The van der Waals surface area contributed by atoms with Gasteiger partial charge in [0.1, 0.15) is 11.4 Å². The average Bonchev–Trinajstić information content (AvgIpc) is 3.51. The van der Waals surface area contributed by atoms with Crippen LogP contribution in [0.3, 0.4) is 0 Å². The van der Waals surface area contributed by atoms with Crippen LogP contribution in [0.1, 0.15) is 76.4 Å². The highest BCUT2D eigenvalue weighted by atomic mass is 32.1. The largest absolute Gasteiger partial charge is 0.494 e. The molecular weight excluding hydrogens is 470 g/mol. The number of carbonyl (C=O) groups excluding carboxylic acids is 2. The summed E-state index contributed by atoms with van der Waals surface area (Å²) in [6.45, 7) is 3.91. The standard InChI is InChI=1S/C29H31N3O3S/c1-4-24(33)20-11-12-23-22(17-20)31-29(28-26(35-3)9-6-14-30-28)32(23)21-8-5-7-19(15-21)16-25(34)27-13-10-18(2)36-27/h6,9-14,17,19,21H,4-5,7-8,15-16H2,1-3H3/t19-,21+/m1/s1. The zero-order chi connectivity index (χ0) is 25.2. The van der Waals surface area contributed by atoms with Crippen molar-refractivity contribution in [1.29, 1.82) is 0 Å². The third-order valence-corrected chi connectivity index (χ3v) is 8.19. The van der Waals surface area contributed by atoms with E-state index in [2.05, 4.69) is 9.55 Å². The summed E-state index contributed by atoms with van der Waals surface area (Å²) in [7, 11) is 1.64. The Hall–Kier alpha value is -3.32. The lowest BCUT2D eigenvalue weighted by atomic mass is 9.82. The van der Waals surface area contributed by atoms with Gasteiger partial charge in [-0.05, 0) is 74.6 Å². The van der Waals surface area contributed by atoms with E-state index in [1.807, 2.05) is 56.3 Å². The number of Topliss-reactive ketones (excluding diaryl/α,β-unsaturated/α-hetero) is 2. The molecule has 0 N–H and O–H groups in total. The molecule has 5 rings (SSSR count). The fourth-order valence-electron chi connectivity index (χ4n) is 5.37. The molecule has 1 aromatic carbocycles. The number of fused-ring (bicyclic) bond motifs is 1. The van der Waals surface area contributed by atoms with Gasteiger partial charge >= 0.3 is 0 Å². The molecule has 0 bridgehead atoms. The lowest BCUT2D eigenvalue weighted by Gasteiger charge is -2.31. The molecule has 0 saturated heterocycles. The minimum atomic E-state index is 0.100. The van der Waals surface area contributed by atoms with Gasteiger partial charge in [-0.15, -0.1) is 11.3 Å². The van der Waals surface area contributed by atoms with Crippen LogP contribution in [-0.4, -0.2) is 33.2 Å². The molecule has 0 aliphatic heterocycles. The molecule has 0 spiro atoms. The Labute approximate surface area is 215 Å². The maximum atomic E-state index is 13.0. The van der Waals surface area contributed by atoms with Crippen molar-refractivity contribution in [2.24, 2.45) is 5.92 Å². The predicted octanol–water partition coefficient (Wildman–Crippen LogP) is 7.07. The Morgan fingerprint density at radius 3 is 2.75 bits per heavy atom. The minimum absolute atomic E-state index is 0.100. The van der Waals surface area contributed by atoms with Gasteiger partial charge in [-0.25, -0.2) is 9.97 Å². The molecule has 1 aliphatic rings. The number of ketones is 2. The summed E-state index contributed by atoms with van der Waals surface area (Å²) in [5.74, 6) is 2.06. The molecule has 1 fully saturated rings. The minimum Gasteiger partial charge on any atom is -0.494 e. The zero-order valence-corrected chi connectivity index (χ0v) is 21.8. The van der Waals surface area contributed by atoms with E-state index >= 15 is 0 Å². The van der Waals surface area contributed by atoms with Crippen molar-refractivity contribution in [3.63, 3.8) is 0 Å². The van der Waals surface area contributed by atoms with Crippen LogP contribution in [0.5, 0.6) is 5.75 Å². The second-order valence-electron chi connectivity index (χ2n) is 9.56. The van der Waals surface area contributed by atoms with Crippen LogP contribution < -0.4 is 4.74 Å². The molecule has 0 radical (unpaired) electrons. The maximum absolute atomic E-state index is 13.0. The molecule has 0 unspecified atom stereocenters. The van der Waals surface area contributed by atoms with Crippen molar-refractivity contribution >= 4 is 33.9 Å². The van der Waals surface area contributed by atoms with Crippen molar-refractivity contribution in [2.45, 2.75) is 58.4 Å². The first-order chi connectivity index (χ1) is 17.5. The molecular formula is C29H31N3O3S. The van der Waals surface area contributed by atoms with Gasteiger partial charge in [0.2, 0.25) is 0 Å². The third kappa shape index (κ3) is 4.72. The third-order valence-electron chi connectivity index (χ3n) is 7.14. The Morgan fingerprint density at radius 2 is 2.00 bits per heavy atom. The van der Waals surface area contributed by atoms with E-state index < -0.39 is 0 Å². The Bertz CT molecular complexity index is 1420. The number of benzene rings is 1. The predicted molar refractivity (Wildman–Crippen MR) is 143 cm³/mol. The van der Waals surface area contributed by atoms with Gasteiger partial charge < -0.3 is 9.30 Å². The smallest absolute Gasteiger partial charge is 0.173 e. The number of rotatable bonds is 8. The molecule has 1 saturated carbocycles. The molecule has 36 heavy (non-hydrogen) atoms. The summed E-state index contributed by atoms with van der Waals surface area (Å²) in [6.07, 6.45) is 6.79. The molecule has 3 heterocycles. The first-order valence-corrected chi connectivity index (χ1v) is 13.4. The summed E-state index contributed by atoms with van der Waals surface area (Å²) in [4.78, 5) is 37.0. The number of nitrogens with zero attached hydrogens (tertiary/aromatic N) is 3. The first-order valence-electron chi connectivity index (χ1n) is 12.6. The summed E-state index contributed by atoms with van der Waals surface area (Å²) in [5.41, 5.74) is 3.12. The topological polar surface area (TPSA) is 74.1 Å². The fourth-order valence-corrected chi connectivity index (χ4v) is 6.18. The molecule has 186 valence electrons. The molecule has 6 nitrogen and oxygen atoms in total. The van der Waals surface area contributed by atoms with Crippen LogP contribution >= 0.6 is 11.3 Å². The van der Waals surface area contributed by atoms with E-state index in [1.165, 1.54) is 4.88 Å². The molecule has 3 aromatic heterocycles. The maximum Gasteiger partial charge on any atom is 0.173 e. The number of hydrogen-bond acceptors (Lipinski definition) is 6. The Kier molecular flexibility index (Phi) is 7.01. The Morgan fingerprint density at radius 1 is 1.14 bits per heavy atom. The van der Waals surface area contributed by atoms with Crippen molar-refractivity contribution in [2.75, 3.05) is 7.11 Å². The Balaban J connectivity index is 1.53. The number of pyridine rings is 1. The lowest BCUT2D eigenvalue weighted by molar-refractivity contribution is 0.0944. The highest BCUT2D eigenvalue weighted by Gasteiger charge is 2.30. The molecule has 4 aromatic rings. The SMILES string of the molecule is CCC(=O)c1ccc2c(c1)nc(-c1ncccc1OC)n2[C@H]1CCC[C@@H](CC(=O)c2ccc(C)s2)C1. The highest BCUT2D eigenvalue weighted by molar-refractivity contribution is 7.14. The summed E-state index contributed by atoms with van der Waals surface area (Å²) >= 11 is 1.58. The zero-order valence-electron chi connectivity index (χ0n) is 21.0. The van der Waals surface area contributed by atoms with Gasteiger partial charge in [0, 0.05) is 35.5 Å². The molecule has 1 aliphatic carbocycles.